The lowest BCUT2D eigenvalue weighted by Crippen LogP contribution is -2.62. The highest BCUT2D eigenvalue weighted by Gasteiger charge is 2.50. The van der Waals surface area contributed by atoms with Crippen molar-refractivity contribution in [2.24, 2.45) is 5.41 Å². The fourth-order valence-corrected chi connectivity index (χ4v) is 4.21. The van der Waals surface area contributed by atoms with Crippen LogP contribution in [0.4, 0.5) is 0 Å². The molecule has 2 aliphatic heterocycles. The van der Waals surface area contributed by atoms with Crippen molar-refractivity contribution in [3.05, 3.63) is 27.9 Å². The number of aliphatic carboxylic acids is 1. The average Bonchev–Trinajstić information content (AvgIpc) is 2.95. The maximum absolute atomic E-state index is 12.2. The summed E-state index contributed by atoms with van der Waals surface area (Å²) in [5.74, 6) is 0.239. The lowest BCUT2D eigenvalue weighted by atomic mass is 9.70. The van der Waals surface area contributed by atoms with Gasteiger partial charge in [0.25, 0.3) is 11.3 Å². The lowest BCUT2D eigenvalue weighted by Gasteiger charge is -2.48. The highest BCUT2D eigenvalue weighted by Crippen LogP contribution is 2.38. The Kier molecular flexibility index (Phi) is 3.84. The van der Waals surface area contributed by atoms with Gasteiger partial charge in [0.15, 0.2) is 0 Å². The van der Waals surface area contributed by atoms with Crippen LogP contribution in [-0.2, 0) is 11.3 Å². The normalized spacial score (nSPS) is 27.3. The number of rotatable bonds is 3. The molecule has 0 spiro atoms. The minimum absolute atomic E-state index is 0.0186. The molecule has 2 saturated heterocycles. The summed E-state index contributed by atoms with van der Waals surface area (Å²) in [5.41, 5.74) is -0.333. The zero-order valence-electron chi connectivity index (χ0n) is 14.2. The van der Waals surface area contributed by atoms with Gasteiger partial charge in [-0.25, -0.2) is 4.98 Å². The zero-order valence-corrected chi connectivity index (χ0v) is 14.2. The molecule has 2 aliphatic rings. The van der Waals surface area contributed by atoms with Crippen LogP contribution in [0.3, 0.4) is 0 Å². The molecule has 2 fully saturated rings. The minimum Gasteiger partial charge on any atom is -0.481 e. The molecular weight excluding hydrogens is 324 g/mol. The van der Waals surface area contributed by atoms with E-state index in [-0.39, 0.29) is 11.6 Å². The van der Waals surface area contributed by atoms with E-state index in [9.17, 15) is 14.7 Å². The molecule has 2 atom stereocenters. The van der Waals surface area contributed by atoms with Crippen molar-refractivity contribution in [1.82, 2.24) is 29.8 Å². The van der Waals surface area contributed by atoms with Crippen molar-refractivity contribution in [3.63, 3.8) is 0 Å². The Bertz CT molecular complexity index is 874. The number of nitrogens with one attached hydrogen (secondary N) is 2. The van der Waals surface area contributed by atoms with E-state index in [0.717, 1.165) is 25.9 Å². The van der Waals surface area contributed by atoms with E-state index in [1.54, 1.807) is 6.92 Å². The van der Waals surface area contributed by atoms with E-state index in [1.165, 1.54) is 10.6 Å². The number of nitrogens with zero attached hydrogens (tertiary/aromatic N) is 4. The van der Waals surface area contributed by atoms with Crippen LogP contribution in [0.25, 0.3) is 5.78 Å². The number of hydrogen-bond acceptors (Lipinski definition) is 6. The first kappa shape index (κ1) is 16.2. The van der Waals surface area contributed by atoms with E-state index >= 15 is 0 Å². The number of carboxylic acid groups (broad SMARTS) is 1. The molecule has 0 bridgehead atoms. The highest BCUT2D eigenvalue weighted by molar-refractivity contribution is 5.76. The van der Waals surface area contributed by atoms with Crippen LogP contribution in [0.5, 0.6) is 0 Å². The zero-order chi connectivity index (χ0) is 17.6. The van der Waals surface area contributed by atoms with Crippen molar-refractivity contribution in [2.75, 3.05) is 19.6 Å². The number of H-pyrrole nitrogens is 1. The quantitative estimate of drug-likeness (QED) is 0.702. The van der Waals surface area contributed by atoms with Gasteiger partial charge in [0.2, 0.25) is 0 Å². The largest absolute Gasteiger partial charge is 0.481 e. The van der Waals surface area contributed by atoms with Crippen LogP contribution < -0.4 is 10.9 Å². The van der Waals surface area contributed by atoms with Crippen LogP contribution in [0.2, 0.25) is 0 Å². The first-order chi connectivity index (χ1) is 12.0. The van der Waals surface area contributed by atoms with Gasteiger partial charge < -0.3 is 10.4 Å². The molecule has 9 heteroatoms. The number of aromatic nitrogens is 4. The van der Waals surface area contributed by atoms with Gasteiger partial charge in [-0.1, -0.05) is 0 Å². The maximum Gasteiger partial charge on any atom is 0.312 e. The summed E-state index contributed by atoms with van der Waals surface area (Å²) in [7, 11) is 0. The summed E-state index contributed by atoms with van der Waals surface area (Å²) < 4.78 is 1.31. The molecule has 0 saturated carbocycles. The average molecular weight is 346 g/mol. The Labute approximate surface area is 144 Å². The van der Waals surface area contributed by atoms with Gasteiger partial charge in [-0.2, -0.15) is 9.50 Å². The molecule has 0 radical (unpaired) electrons. The molecule has 0 amide bonds. The van der Waals surface area contributed by atoms with Gasteiger partial charge in [0.1, 0.15) is 5.82 Å². The van der Waals surface area contributed by atoms with Crippen LogP contribution in [0.15, 0.2) is 10.9 Å². The van der Waals surface area contributed by atoms with Crippen molar-refractivity contribution in [2.45, 2.75) is 38.8 Å². The smallest absolute Gasteiger partial charge is 0.312 e. The van der Waals surface area contributed by atoms with E-state index in [1.807, 2.05) is 0 Å². The molecular formula is C16H22N6O3. The van der Waals surface area contributed by atoms with Crippen molar-refractivity contribution < 1.29 is 9.90 Å². The van der Waals surface area contributed by atoms with Crippen molar-refractivity contribution >= 4 is 11.7 Å². The summed E-state index contributed by atoms with van der Waals surface area (Å²) >= 11 is 0. The topological polar surface area (TPSA) is 116 Å². The Hall–Kier alpha value is -2.26. The molecule has 0 aliphatic carbocycles. The second kappa shape index (κ2) is 5.92. The molecule has 25 heavy (non-hydrogen) atoms. The van der Waals surface area contributed by atoms with Crippen molar-refractivity contribution in [3.8, 4) is 0 Å². The minimum atomic E-state index is -0.751. The molecule has 0 unspecified atom stereocenters. The van der Waals surface area contributed by atoms with Gasteiger partial charge in [0, 0.05) is 31.7 Å². The van der Waals surface area contributed by atoms with Gasteiger partial charge in [0.05, 0.1) is 11.1 Å². The third kappa shape index (κ3) is 2.73. The van der Waals surface area contributed by atoms with Crippen LogP contribution in [0.1, 0.15) is 30.8 Å². The second-order valence-electron chi connectivity index (χ2n) is 7.10. The van der Waals surface area contributed by atoms with Gasteiger partial charge in [-0.3, -0.25) is 19.6 Å². The standard InChI is InChI=1S/C16H22N6O3/c1-10-18-15-19-11(7-13(23)22(15)20-10)8-21-6-3-12-16(9-21,14(24)25)4-2-5-17-12/h7,12,17H,2-6,8-9H2,1H3,(H,24,25)(H,18,19,20)/t12-,16+/m0/s1. The number of carboxylic acids is 1. The Morgan fingerprint density at radius 2 is 2.32 bits per heavy atom. The summed E-state index contributed by atoms with van der Waals surface area (Å²) in [5, 5.41) is 16.1. The number of aromatic amines is 1. The molecule has 2 aromatic rings. The number of carbonyl (C=O) groups is 1. The summed E-state index contributed by atoms with van der Waals surface area (Å²) in [6.07, 6.45) is 2.34. The Morgan fingerprint density at radius 1 is 1.48 bits per heavy atom. The number of likely N-dealkylation sites (tertiary alicyclic amines) is 1. The third-order valence-electron chi connectivity index (χ3n) is 5.40. The molecule has 4 rings (SSSR count). The molecule has 134 valence electrons. The van der Waals surface area contributed by atoms with E-state index < -0.39 is 11.4 Å². The van der Waals surface area contributed by atoms with Crippen LogP contribution >= 0.6 is 0 Å². The summed E-state index contributed by atoms with van der Waals surface area (Å²) in [6, 6.07) is 1.51. The monoisotopic (exact) mass is 346 g/mol. The number of hydrogen-bond donors (Lipinski definition) is 3. The predicted octanol–water partition coefficient (Wildman–Crippen LogP) is -0.245. The number of aryl methyl sites for hydroxylation is 1. The molecule has 0 aromatic carbocycles. The number of fused-ring (bicyclic) bond motifs is 2. The Morgan fingerprint density at radius 3 is 3.12 bits per heavy atom. The van der Waals surface area contributed by atoms with Crippen molar-refractivity contribution in [1.29, 1.82) is 0 Å². The summed E-state index contributed by atoms with van der Waals surface area (Å²) in [4.78, 5) is 34.9. The van der Waals surface area contributed by atoms with Crippen LogP contribution in [0, 0.1) is 12.3 Å². The van der Waals surface area contributed by atoms with Gasteiger partial charge in [-0.05, 0) is 32.7 Å². The summed E-state index contributed by atoms with van der Waals surface area (Å²) in [6.45, 7) is 4.37. The van der Waals surface area contributed by atoms with E-state index in [2.05, 4.69) is 25.3 Å². The van der Waals surface area contributed by atoms with Crippen LogP contribution in [-0.4, -0.2) is 61.2 Å². The predicted molar refractivity (Wildman–Crippen MR) is 89.3 cm³/mol. The third-order valence-corrected chi connectivity index (χ3v) is 5.40. The van der Waals surface area contributed by atoms with E-state index in [4.69, 9.17) is 0 Å². The second-order valence-corrected chi connectivity index (χ2v) is 7.10. The molecule has 4 heterocycles. The van der Waals surface area contributed by atoms with Gasteiger partial charge in [-0.15, -0.1) is 0 Å². The Balaban J connectivity index is 1.59. The first-order valence-electron chi connectivity index (χ1n) is 8.62. The van der Waals surface area contributed by atoms with E-state index in [0.29, 0.717) is 36.8 Å². The molecule has 9 nitrogen and oxygen atoms in total. The fraction of sp³-hybridized carbons (Fsp3) is 0.625. The molecule has 2 aromatic heterocycles. The highest BCUT2D eigenvalue weighted by atomic mass is 16.4. The van der Waals surface area contributed by atoms with Gasteiger partial charge >= 0.3 is 5.97 Å². The first-order valence-corrected chi connectivity index (χ1v) is 8.62. The SMILES string of the molecule is Cc1nc2nc(CN3CC[C@@H]4NCCC[C@@]4(C(=O)O)C3)cc(=O)n2[nH]1. The molecule has 3 N–H and O–H groups in total. The lowest BCUT2D eigenvalue weighted by molar-refractivity contribution is -0.157. The maximum atomic E-state index is 12.2. The number of piperidine rings is 2. The fourth-order valence-electron chi connectivity index (χ4n) is 4.21.